The van der Waals surface area contributed by atoms with E-state index >= 15 is 0 Å². The summed E-state index contributed by atoms with van der Waals surface area (Å²) >= 11 is 5.09. The Morgan fingerprint density at radius 1 is 1.33 bits per heavy atom. The van der Waals surface area contributed by atoms with E-state index in [-0.39, 0.29) is 12.5 Å². The molecule has 0 bridgehead atoms. The molecule has 0 saturated carbocycles. The fraction of sp³-hybridized carbons (Fsp3) is 0.833. The number of carbonyl (C=O) groups excluding carboxylic acids is 1. The maximum atomic E-state index is 11.7. The number of nitrogens with one attached hydrogen (secondary N) is 2. The normalized spacial score (nSPS) is 14.6. The summed E-state index contributed by atoms with van der Waals surface area (Å²) in [6.45, 7) is 6.28. The summed E-state index contributed by atoms with van der Waals surface area (Å²) in [6.07, 6.45) is 3.15. The first-order valence-electron chi connectivity index (χ1n) is 6.61. The molecule has 0 aromatic rings. The largest absolute Gasteiger partial charge is 0.382 e. The monoisotopic (exact) mass is 273 g/mol. The molecule has 5 nitrogen and oxygen atoms in total. The number of thiocarbonyl (C=S) groups is 1. The maximum absolute atomic E-state index is 11.7. The van der Waals surface area contributed by atoms with Crippen molar-refractivity contribution in [3.05, 3.63) is 0 Å². The molecule has 1 heterocycles. The maximum Gasteiger partial charge on any atom is 0.241 e. The summed E-state index contributed by atoms with van der Waals surface area (Å²) < 4.78 is 5.22. The van der Waals surface area contributed by atoms with Crippen LogP contribution in [-0.4, -0.2) is 55.3 Å². The lowest BCUT2D eigenvalue weighted by Gasteiger charge is -2.16. The minimum Gasteiger partial charge on any atom is -0.382 e. The summed E-state index contributed by atoms with van der Waals surface area (Å²) in [5, 5.41) is 6.54. The summed E-state index contributed by atoms with van der Waals surface area (Å²) in [5.74, 6) is 0.131. The van der Waals surface area contributed by atoms with Crippen LogP contribution in [0, 0.1) is 0 Å². The van der Waals surface area contributed by atoms with E-state index < -0.39 is 0 Å². The first kappa shape index (κ1) is 15.2. The van der Waals surface area contributed by atoms with Gasteiger partial charge in [-0.25, -0.2) is 0 Å². The second kappa shape index (κ2) is 9.10. The van der Waals surface area contributed by atoms with Gasteiger partial charge in [0, 0.05) is 32.8 Å². The van der Waals surface area contributed by atoms with Crippen molar-refractivity contribution in [3.8, 4) is 0 Å². The molecular weight excluding hydrogens is 250 g/mol. The molecular formula is C12H23N3O2S. The number of amides is 1. The molecule has 0 aromatic carbocycles. The first-order valence-corrected chi connectivity index (χ1v) is 7.02. The molecule has 18 heavy (non-hydrogen) atoms. The van der Waals surface area contributed by atoms with E-state index in [1.54, 1.807) is 0 Å². The van der Waals surface area contributed by atoms with Gasteiger partial charge in [-0.05, 0) is 38.4 Å². The lowest BCUT2D eigenvalue weighted by atomic mass is 10.4. The van der Waals surface area contributed by atoms with Crippen LogP contribution in [0.2, 0.25) is 0 Å². The molecule has 0 spiro atoms. The van der Waals surface area contributed by atoms with Gasteiger partial charge in [0.1, 0.15) is 0 Å². The molecule has 104 valence electrons. The molecule has 1 aliphatic rings. The molecule has 2 N–H and O–H groups in total. The van der Waals surface area contributed by atoms with Gasteiger partial charge < -0.3 is 20.3 Å². The number of nitrogens with zero attached hydrogens (tertiary/aromatic N) is 1. The Morgan fingerprint density at radius 3 is 2.72 bits per heavy atom. The average Bonchev–Trinajstić information content (AvgIpc) is 2.89. The lowest BCUT2D eigenvalue weighted by molar-refractivity contribution is -0.128. The molecule has 0 atom stereocenters. The van der Waals surface area contributed by atoms with Crippen LogP contribution >= 0.6 is 12.2 Å². The highest BCUT2D eigenvalue weighted by atomic mass is 32.1. The van der Waals surface area contributed by atoms with Crippen molar-refractivity contribution < 1.29 is 9.53 Å². The van der Waals surface area contributed by atoms with E-state index in [4.69, 9.17) is 17.0 Å². The zero-order valence-electron chi connectivity index (χ0n) is 11.0. The predicted molar refractivity (Wildman–Crippen MR) is 75.5 cm³/mol. The van der Waals surface area contributed by atoms with Crippen LogP contribution in [0.3, 0.4) is 0 Å². The van der Waals surface area contributed by atoms with Crippen LogP contribution in [0.4, 0.5) is 0 Å². The zero-order valence-corrected chi connectivity index (χ0v) is 11.9. The Bertz CT molecular complexity index is 268. The fourth-order valence-electron chi connectivity index (χ4n) is 1.82. The van der Waals surface area contributed by atoms with Crippen molar-refractivity contribution in [2.24, 2.45) is 0 Å². The van der Waals surface area contributed by atoms with Crippen molar-refractivity contribution >= 4 is 23.2 Å². The SMILES string of the molecule is CCOCCCNC(=S)NCC(=O)N1CCCC1. The Hall–Kier alpha value is -0.880. The van der Waals surface area contributed by atoms with Gasteiger partial charge in [-0.15, -0.1) is 0 Å². The van der Waals surface area contributed by atoms with Crippen molar-refractivity contribution in [3.63, 3.8) is 0 Å². The number of carbonyl (C=O) groups is 1. The summed E-state index contributed by atoms with van der Waals surface area (Å²) in [5.41, 5.74) is 0. The second-order valence-corrected chi connectivity index (χ2v) is 4.66. The number of rotatable bonds is 7. The number of ether oxygens (including phenoxy) is 1. The second-order valence-electron chi connectivity index (χ2n) is 4.25. The number of hydrogen-bond acceptors (Lipinski definition) is 3. The van der Waals surface area contributed by atoms with Crippen molar-refractivity contribution in [1.29, 1.82) is 0 Å². The topological polar surface area (TPSA) is 53.6 Å². The Labute approximate surface area is 114 Å². The number of hydrogen-bond donors (Lipinski definition) is 2. The standard InChI is InChI=1S/C12H23N3O2S/c1-2-17-9-5-6-13-12(18)14-10-11(16)15-7-3-4-8-15/h2-10H2,1H3,(H2,13,14,18). The molecule has 6 heteroatoms. The molecule has 0 aromatic heterocycles. The van der Waals surface area contributed by atoms with Crippen LogP contribution in [-0.2, 0) is 9.53 Å². The third-order valence-electron chi connectivity index (χ3n) is 2.81. The van der Waals surface area contributed by atoms with E-state index in [9.17, 15) is 4.79 Å². The Kier molecular flexibility index (Phi) is 7.68. The minimum atomic E-state index is 0.131. The van der Waals surface area contributed by atoms with Crippen LogP contribution in [0.5, 0.6) is 0 Å². The van der Waals surface area contributed by atoms with Crippen molar-refractivity contribution in [1.82, 2.24) is 15.5 Å². The van der Waals surface area contributed by atoms with Gasteiger partial charge in [-0.1, -0.05) is 0 Å². The van der Waals surface area contributed by atoms with Crippen LogP contribution in [0.1, 0.15) is 26.2 Å². The predicted octanol–water partition coefficient (Wildman–Crippen LogP) is 0.500. The van der Waals surface area contributed by atoms with Gasteiger partial charge in [-0.2, -0.15) is 0 Å². The van der Waals surface area contributed by atoms with E-state index in [1.807, 2.05) is 11.8 Å². The van der Waals surface area contributed by atoms with Gasteiger partial charge >= 0.3 is 0 Å². The molecule has 1 fully saturated rings. The molecule has 1 saturated heterocycles. The first-order chi connectivity index (χ1) is 8.74. The third kappa shape index (κ3) is 6.16. The number of likely N-dealkylation sites (tertiary alicyclic amines) is 1. The molecule has 0 radical (unpaired) electrons. The smallest absolute Gasteiger partial charge is 0.241 e. The van der Waals surface area contributed by atoms with Crippen LogP contribution in [0.25, 0.3) is 0 Å². The minimum absolute atomic E-state index is 0.131. The lowest BCUT2D eigenvalue weighted by Crippen LogP contribution is -2.43. The Balaban J connectivity index is 2.00. The summed E-state index contributed by atoms with van der Waals surface area (Å²) in [7, 11) is 0. The van der Waals surface area contributed by atoms with Crippen LogP contribution < -0.4 is 10.6 Å². The quantitative estimate of drug-likeness (QED) is 0.522. The third-order valence-corrected chi connectivity index (χ3v) is 3.10. The average molecular weight is 273 g/mol. The molecule has 1 aliphatic heterocycles. The molecule has 0 aliphatic carbocycles. The van der Waals surface area contributed by atoms with Gasteiger partial charge in [0.25, 0.3) is 0 Å². The van der Waals surface area contributed by atoms with Gasteiger partial charge in [0.15, 0.2) is 5.11 Å². The highest BCUT2D eigenvalue weighted by Crippen LogP contribution is 2.06. The van der Waals surface area contributed by atoms with Crippen molar-refractivity contribution in [2.45, 2.75) is 26.2 Å². The summed E-state index contributed by atoms with van der Waals surface area (Å²) in [4.78, 5) is 13.6. The highest BCUT2D eigenvalue weighted by Gasteiger charge is 2.17. The fourth-order valence-corrected chi connectivity index (χ4v) is 1.99. The molecule has 0 unspecified atom stereocenters. The van der Waals surface area contributed by atoms with E-state index in [0.717, 1.165) is 52.1 Å². The van der Waals surface area contributed by atoms with Crippen LogP contribution in [0.15, 0.2) is 0 Å². The zero-order chi connectivity index (χ0) is 13.2. The van der Waals surface area contributed by atoms with E-state index in [0.29, 0.717) is 5.11 Å². The van der Waals surface area contributed by atoms with Gasteiger partial charge in [-0.3, -0.25) is 4.79 Å². The molecule has 1 rings (SSSR count). The van der Waals surface area contributed by atoms with Gasteiger partial charge in [0.2, 0.25) is 5.91 Å². The summed E-state index contributed by atoms with van der Waals surface area (Å²) in [6, 6.07) is 0. The van der Waals surface area contributed by atoms with Gasteiger partial charge in [0.05, 0.1) is 6.54 Å². The molecule has 1 amide bonds. The highest BCUT2D eigenvalue weighted by molar-refractivity contribution is 7.80. The van der Waals surface area contributed by atoms with E-state index in [1.165, 1.54) is 0 Å². The van der Waals surface area contributed by atoms with E-state index in [2.05, 4.69) is 10.6 Å². The Morgan fingerprint density at radius 2 is 2.06 bits per heavy atom. The van der Waals surface area contributed by atoms with Crippen molar-refractivity contribution in [2.75, 3.05) is 39.4 Å².